The second-order valence-electron chi connectivity index (χ2n) is 2.89. The van der Waals surface area contributed by atoms with Crippen molar-refractivity contribution in [3.05, 3.63) is 0 Å². The van der Waals surface area contributed by atoms with Crippen molar-refractivity contribution in [3.63, 3.8) is 0 Å². The van der Waals surface area contributed by atoms with Crippen LogP contribution in [0, 0.1) is 0 Å². The Hall–Kier alpha value is 0.383. The number of aliphatic hydroxyl groups is 4. The van der Waals surface area contributed by atoms with E-state index in [1.807, 2.05) is 27.7 Å². The predicted molar refractivity (Wildman–Crippen MR) is 80.8 cm³/mol. The van der Waals surface area contributed by atoms with Gasteiger partial charge in [-0.2, -0.15) is 0 Å². The van der Waals surface area contributed by atoms with E-state index >= 15 is 0 Å². The van der Waals surface area contributed by atoms with Gasteiger partial charge in [0.15, 0.2) is 0 Å². The van der Waals surface area contributed by atoms with Crippen molar-refractivity contribution in [2.45, 2.75) is 53.4 Å². The third-order valence-corrected chi connectivity index (χ3v) is 0.894. The van der Waals surface area contributed by atoms with Crippen LogP contribution in [0.2, 0.25) is 0 Å². The fourth-order valence-corrected chi connectivity index (χ4v) is 0. The molecule has 0 bridgehead atoms. The molecule has 0 aliphatic heterocycles. The number of rotatable bonds is 4. The maximum atomic E-state index is 7.88. The van der Waals surface area contributed by atoms with Gasteiger partial charge in [0.05, 0.1) is 0 Å². The van der Waals surface area contributed by atoms with Gasteiger partial charge in [-0.05, 0) is 25.7 Å². The fraction of sp³-hybridized carbons (Fsp3) is 1.00. The second-order valence-corrected chi connectivity index (χ2v) is 2.89. The van der Waals surface area contributed by atoms with Crippen LogP contribution in [0.1, 0.15) is 53.4 Å². The molecule has 0 fully saturated rings. The van der Waals surface area contributed by atoms with E-state index in [9.17, 15) is 0 Å². The van der Waals surface area contributed by atoms with Crippen LogP contribution in [0.25, 0.3) is 0 Å². The Labute approximate surface area is 118 Å². The third kappa shape index (κ3) is 176. The van der Waals surface area contributed by atoms with Crippen molar-refractivity contribution in [1.82, 2.24) is 0 Å². The summed E-state index contributed by atoms with van der Waals surface area (Å²) in [6.07, 6.45) is 3.50. The zero-order valence-corrected chi connectivity index (χ0v) is 11.4. The van der Waals surface area contributed by atoms with Gasteiger partial charge >= 0.3 is 17.6 Å². The molecule has 0 aromatic rings. The van der Waals surface area contributed by atoms with Crippen molar-refractivity contribution in [1.29, 1.82) is 0 Å². The van der Waals surface area contributed by atoms with E-state index < -0.39 is 0 Å². The van der Waals surface area contributed by atoms with Gasteiger partial charge in [-0.25, -0.2) is 0 Å². The summed E-state index contributed by atoms with van der Waals surface area (Å²) in [4.78, 5) is 0. The van der Waals surface area contributed by atoms with Crippen molar-refractivity contribution >= 4 is 17.6 Å². The monoisotopic (exact) mass is 318 g/mol. The van der Waals surface area contributed by atoms with Crippen molar-refractivity contribution in [2.75, 3.05) is 26.4 Å². The quantitative estimate of drug-likeness (QED) is 0.555. The van der Waals surface area contributed by atoms with Crippen LogP contribution >= 0.6 is 0 Å². The molecule has 0 saturated heterocycles. The summed E-state index contributed by atoms with van der Waals surface area (Å²) in [5.41, 5.74) is 0. The van der Waals surface area contributed by atoms with Gasteiger partial charge in [-0.3, -0.25) is 0 Å². The first-order chi connectivity index (χ1) is 7.66. The SMILES string of the molecule is CCCO.CCCO.CCCO.CCCO.[GeH4]. The fourth-order valence-electron chi connectivity index (χ4n) is 0. The van der Waals surface area contributed by atoms with Crippen LogP contribution in [0.5, 0.6) is 0 Å². The third-order valence-electron chi connectivity index (χ3n) is 0.894. The molecule has 0 saturated carbocycles. The molecule has 0 aliphatic rings. The Bertz CT molecular complexity index is 42.5. The minimum atomic E-state index is 0. The minimum absolute atomic E-state index is 0. The van der Waals surface area contributed by atoms with Gasteiger partial charge in [-0.1, -0.05) is 27.7 Å². The van der Waals surface area contributed by atoms with Gasteiger partial charge in [0.2, 0.25) is 0 Å². The second kappa shape index (κ2) is 55.2. The van der Waals surface area contributed by atoms with Gasteiger partial charge < -0.3 is 20.4 Å². The van der Waals surface area contributed by atoms with Crippen molar-refractivity contribution in [3.8, 4) is 0 Å². The van der Waals surface area contributed by atoms with Gasteiger partial charge in [0.25, 0.3) is 0 Å². The van der Waals surface area contributed by atoms with E-state index in [1.165, 1.54) is 0 Å². The first kappa shape index (κ1) is 30.4. The van der Waals surface area contributed by atoms with E-state index in [-0.39, 0.29) is 17.6 Å². The average Bonchev–Trinajstić information content (AvgIpc) is 2.39. The topological polar surface area (TPSA) is 80.9 Å². The molecule has 0 radical (unpaired) electrons. The summed E-state index contributed by atoms with van der Waals surface area (Å²) in [7, 11) is 0. The maximum absolute atomic E-state index is 7.88. The Morgan fingerprint density at radius 1 is 0.471 bits per heavy atom. The van der Waals surface area contributed by atoms with Crippen molar-refractivity contribution < 1.29 is 20.4 Å². The summed E-state index contributed by atoms with van der Waals surface area (Å²) in [6.45, 7) is 9.00. The predicted octanol–water partition coefficient (Wildman–Crippen LogP) is 0.103. The van der Waals surface area contributed by atoms with Gasteiger partial charge in [0.1, 0.15) is 0 Å². The van der Waals surface area contributed by atoms with Crippen LogP contribution in [0.15, 0.2) is 0 Å². The van der Waals surface area contributed by atoms with Crippen LogP contribution in [0.3, 0.4) is 0 Å². The Morgan fingerprint density at radius 2 is 0.529 bits per heavy atom. The van der Waals surface area contributed by atoms with Crippen LogP contribution in [0.4, 0.5) is 0 Å². The van der Waals surface area contributed by atoms with Crippen LogP contribution < -0.4 is 0 Å². The first-order valence-corrected chi connectivity index (χ1v) is 6.09. The summed E-state index contributed by atoms with van der Waals surface area (Å²) >= 11 is 0. The molecule has 0 aliphatic carbocycles. The Kier molecular flexibility index (Phi) is 98.7. The first-order valence-electron chi connectivity index (χ1n) is 6.09. The van der Waals surface area contributed by atoms with Crippen LogP contribution in [-0.4, -0.2) is 64.5 Å². The summed E-state index contributed by atoms with van der Waals surface area (Å²) in [5, 5.41) is 31.5. The zero-order chi connectivity index (χ0) is 13.7. The molecule has 112 valence electrons. The molecule has 0 unspecified atom stereocenters. The van der Waals surface area contributed by atoms with Crippen molar-refractivity contribution in [2.24, 2.45) is 0 Å². The van der Waals surface area contributed by atoms with Crippen LogP contribution in [-0.2, 0) is 0 Å². The molecule has 0 aromatic heterocycles. The zero-order valence-electron chi connectivity index (χ0n) is 11.4. The summed E-state index contributed by atoms with van der Waals surface area (Å²) in [6, 6.07) is 0. The molecule has 4 N–H and O–H groups in total. The van der Waals surface area contributed by atoms with E-state index in [0.29, 0.717) is 26.4 Å². The molecule has 4 nitrogen and oxygen atoms in total. The molecule has 0 amide bonds. The van der Waals surface area contributed by atoms with Gasteiger partial charge in [-0.15, -0.1) is 0 Å². The molecule has 0 spiro atoms. The molecule has 0 aromatic carbocycles. The number of hydrogen-bond donors (Lipinski definition) is 4. The summed E-state index contributed by atoms with van der Waals surface area (Å²) < 4.78 is 0. The molecule has 5 heteroatoms. The normalized spacial score (nSPS) is 7.06. The molecule has 0 atom stereocenters. The molecular formula is C12H36GeO4. The Morgan fingerprint density at radius 3 is 0.529 bits per heavy atom. The van der Waals surface area contributed by atoms with E-state index in [4.69, 9.17) is 20.4 Å². The Balaban J connectivity index is -0.0000000369. The molecular weight excluding hydrogens is 281 g/mol. The molecule has 17 heavy (non-hydrogen) atoms. The van der Waals surface area contributed by atoms with E-state index in [2.05, 4.69) is 0 Å². The van der Waals surface area contributed by atoms with E-state index in [0.717, 1.165) is 25.7 Å². The van der Waals surface area contributed by atoms with E-state index in [1.54, 1.807) is 0 Å². The standard InChI is InChI=1S/4C3H8O.GeH4/c4*1-2-3-4;/h4*4H,2-3H2,1H3;1H4. The molecule has 0 rings (SSSR count). The average molecular weight is 317 g/mol. The number of aliphatic hydroxyl groups excluding tert-OH is 4. The number of hydrogen-bond acceptors (Lipinski definition) is 4. The molecule has 0 heterocycles. The summed E-state index contributed by atoms with van der Waals surface area (Å²) in [5.74, 6) is 0. The van der Waals surface area contributed by atoms with Gasteiger partial charge in [0, 0.05) is 26.4 Å².